The second-order valence-corrected chi connectivity index (χ2v) is 6.91. The number of hydrogen-bond donors (Lipinski definition) is 2. The van der Waals surface area contributed by atoms with Crippen molar-refractivity contribution in [2.75, 3.05) is 5.32 Å². The van der Waals surface area contributed by atoms with Crippen molar-refractivity contribution < 1.29 is 18.4 Å². The monoisotopic (exact) mass is 396 g/mol. The number of anilines is 1. The zero-order valence-electron chi connectivity index (χ0n) is 15.4. The number of amides is 2. The molecule has 1 unspecified atom stereocenters. The number of nitrogens with zero attached hydrogens (tertiary/aromatic N) is 2. The molecule has 6 nitrogen and oxygen atoms in total. The van der Waals surface area contributed by atoms with Crippen LogP contribution in [0, 0.1) is 11.6 Å². The van der Waals surface area contributed by atoms with Crippen molar-refractivity contribution in [3.63, 3.8) is 0 Å². The quantitative estimate of drug-likeness (QED) is 0.714. The van der Waals surface area contributed by atoms with E-state index in [1.165, 1.54) is 6.07 Å². The molecule has 0 fully saturated rings. The fourth-order valence-electron chi connectivity index (χ4n) is 3.35. The second-order valence-electron chi connectivity index (χ2n) is 6.91. The van der Waals surface area contributed by atoms with E-state index in [0.717, 1.165) is 21.9 Å². The molecule has 1 aromatic heterocycles. The molecule has 0 aliphatic carbocycles. The third-order valence-electron chi connectivity index (χ3n) is 4.80. The Morgan fingerprint density at radius 1 is 1.21 bits per heavy atom. The lowest BCUT2D eigenvalue weighted by atomic mass is 10.1. The summed E-state index contributed by atoms with van der Waals surface area (Å²) in [5.41, 5.74) is 2.25. The summed E-state index contributed by atoms with van der Waals surface area (Å²) in [5, 5.41) is 9.10. The molecule has 2 aromatic carbocycles. The first kappa shape index (κ1) is 18.8. The number of carbonyl (C=O) groups is 2. The van der Waals surface area contributed by atoms with Crippen LogP contribution in [0.2, 0.25) is 0 Å². The van der Waals surface area contributed by atoms with E-state index in [9.17, 15) is 18.4 Å². The maximum atomic E-state index is 14.0. The van der Waals surface area contributed by atoms with Crippen LogP contribution in [0.4, 0.5) is 19.3 Å². The molecule has 2 heterocycles. The summed E-state index contributed by atoms with van der Waals surface area (Å²) in [7, 11) is 0. The number of fused-ring (bicyclic) bond motifs is 1. The van der Waals surface area contributed by atoms with E-state index in [-0.39, 0.29) is 18.5 Å². The Morgan fingerprint density at radius 2 is 2.00 bits per heavy atom. The number of benzene rings is 2. The minimum absolute atomic E-state index is 0.0441. The Bertz CT molecular complexity index is 1070. The van der Waals surface area contributed by atoms with Gasteiger partial charge >= 0.3 is 6.03 Å². The number of carbonyl (C=O) groups excluding carboxylic acids is 2. The molecular formula is C21H18F2N4O2. The molecule has 0 radical (unpaired) electrons. The molecule has 2 amide bonds. The molecule has 1 atom stereocenters. The maximum absolute atomic E-state index is 14.0. The van der Waals surface area contributed by atoms with Crippen LogP contribution in [0.1, 0.15) is 23.1 Å². The molecule has 3 aromatic rings. The molecule has 8 heteroatoms. The van der Waals surface area contributed by atoms with E-state index in [4.69, 9.17) is 0 Å². The highest BCUT2D eigenvalue weighted by atomic mass is 19.1. The van der Waals surface area contributed by atoms with Crippen LogP contribution >= 0.6 is 0 Å². The lowest BCUT2D eigenvalue weighted by Gasteiger charge is -2.15. The third kappa shape index (κ3) is 4.16. The normalized spacial score (nSPS) is 15.9. The fourth-order valence-corrected chi connectivity index (χ4v) is 3.35. The number of rotatable bonds is 3. The lowest BCUT2D eigenvalue weighted by Crippen LogP contribution is -2.45. The van der Waals surface area contributed by atoms with Gasteiger partial charge in [-0.15, -0.1) is 0 Å². The number of aromatic nitrogens is 2. The molecule has 29 heavy (non-hydrogen) atoms. The summed E-state index contributed by atoms with van der Waals surface area (Å²) >= 11 is 0. The number of nitrogens with one attached hydrogen (secondary N) is 2. The van der Waals surface area contributed by atoms with E-state index >= 15 is 0 Å². The highest BCUT2D eigenvalue weighted by Gasteiger charge is 2.27. The largest absolute Gasteiger partial charge is 0.342 e. The lowest BCUT2D eigenvalue weighted by molar-refractivity contribution is -0.118. The molecule has 1 aliphatic rings. The van der Waals surface area contributed by atoms with Gasteiger partial charge in [-0.25, -0.2) is 13.6 Å². The average Bonchev–Trinajstić information content (AvgIpc) is 3.10. The van der Waals surface area contributed by atoms with Crippen molar-refractivity contribution in [1.29, 1.82) is 0 Å². The molecule has 0 spiro atoms. The van der Waals surface area contributed by atoms with Crippen molar-refractivity contribution in [3.8, 4) is 0 Å². The van der Waals surface area contributed by atoms with E-state index in [0.29, 0.717) is 12.0 Å². The molecule has 4 rings (SSSR count). The van der Waals surface area contributed by atoms with Gasteiger partial charge in [-0.3, -0.25) is 4.79 Å². The van der Waals surface area contributed by atoms with Gasteiger partial charge in [0.1, 0.15) is 17.7 Å². The Balaban J connectivity index is 1.44. The summed E-state index contributed by atoms with van der Waals surface area (Å²) in [6.07, 6.45) is 4.27. The SMILES string of the molecule is O=C1Nc2c(F)cc(F)cc2CCC1NC(=O)n1cc(Cc2ccccc2)cn1. The Morgan fingerprint density at radius 3 is 2.79 bits per heavy atom. The molecule has 0 saturated carbocycles. The molecule has 2 N–H and O–H groups in total. The highest BCUT2D eigenvalue weighted by molar-refractivity contribution is 5.98. The summed E-state index contributed by atoms with van der Waals surface area (Å²) in [6.45, 7) is 0. The van der Waals surface area contributed by atoms with Gasteiger partial charge in [0.05, 0.1) is 11.9 Å². The van der Waals surface area contributed by atoms with Gasteiger partial charge in [0.25, 0.3) is 0 Å². The van der Waals surface area contributed by atoms with Crippen molar-refractivity contribution in [2.45, 2.75) is 25.3 Å². The Labute approximate surface area is 165 Å². The zero-order chi connectivity index (χ0) is 20.4. The molecule has 0 bridgehead atoms. The predicted octanol–water partition coefficient (Wildman–Crippen LogP) is 3.26. The summed E-state index contributed by atoms with van der Waals surface area (Å²) in [4.78, 5) is 24.9. The maximum Gasteiger partial charge on any atom is 0.342 e. The van der Waals surface area contributed by atoms with E-state index < -0.39 is 29.6 Å². The Hall–Kier alpha value is -3.55. The highest BCUT2D eigenvalue weighted by Crippen LogP contribution is 2.26. The van der Waals surface area contributed by atoms with Crippen molar-refractivity contribution in [2.24, 2.45) is 0 Å². The smallest absolute Gasteiger partial charge is 0.324 e. The van der Waals surface area contributed by atoms with E-state index in [1.807, 2.05) is 30.3 Å². The van der Waals surface area contributed by atoms with Crippen LogP contribution in [-0.2, 0) is 17.6 Å². The van der Waals surface area contributed by atoms with E-state index in [2.05, 4.69) is 15.7 Å². The fraction of sp³-hybridized carbons (Fsp3) is 0.190. The average molecular weight is 396 g/mol. The molecule has 0 saturated heterocycles. The number of aryl methyl sites for hydroxylation is 1. The number of hydrogen-bond acceptors (Lipinski definition) is 3. The van der Waals surface area contributed by atoms with Crippen LogP contribution in [0.15, 0.2) is 54.9 Å². The second kappa shape index (κ2) is 7.83. The standard InChI is InChI=1S/C21H18F2N4O2/c22-16-9-15-6-7-18(20(28)26-19(15)17(23)10-16)25-21(29)27-12-14(11-24-27)8-13-4-2-1-3-5-13/h1-5,9-12,18H,6-8H2,(H,25,29)(H,26,28). The molecular weight excluding hydrogens is 378 g/mol. The summed E-state index contributed by atoms with van der Waals surface area (Å²) < 4.78 is 28.5. The first-order chi connectivity index (χ1) is 14.0. The first-order valence-electron chi connectivity index (χ1n) is 9.17. The summed E-state index contributed by atoms with van der Waals surface area (Å²) in [6, 6.07) is 10.2. The molecule has 1 aliphatic heterocycles. The van der Waals surface area contributed by atoms with E-state index in [1.54, 1.807) is 12.4 Å². The third-order valence-corrected chi connectivity index (χ3v) is 4.80. The van der Waals surface area contributed by atoms with Gasteiger partial charge in [-0.2, -0.15) is 9.78 Å². The first-order valence-corrected chi connectivity index (χ1v) is 9.17. The molecule has 148 valence electrons. The van der Waals surface area contributed by atoms with Gasteiger partial charge in [0.15, 0.2) is 0 Å². The zero-order valence-corrected chi connectivity index (χ0v) is 15.4. The van der Waals surface area contributed by atoms with Crippen molar-refractivity contribution in [3.05, 3.63) is 83.2 Å². The van der Waals surface area contributed by atoms with Crippen LogP contribution in [-0.4, -0.2) is 27.8 Å². The van der Waals surface area contributed by atoms with Crippen LogP contribution in [0.5, 0.6) is 0 Å². The van der Waals surface area contributed by atoms with Gasteiger partial charge < -0.3 is 10.6 Å². The minimum atomic E-state index is -0.890. The van der Waals surface area contributed by atoms with Gasteiger partial charge in [-0.1, -0.05) is 30.3 Å². The number of halogens is 2. The van der Waals surface area contributed by atoms with Crippen molar-refractivity contribution >= 4 is 17.6 Å². The van der Waals surface area contributed by atoms with Gasteiger partial charge in [-0.05, 0) is 35.6 Å². The Kier molecular flexibility index (Phi) is 5.07. The van der Waals surface area contributed by atoms with Crippen LogP contribution in [0.25, 0.3) is 0 Å². The van der Waals surface area contributed by atoms with Crippen molar-refractivity contribution in [1.82, 2.24) is 15.1 Å². The summed E-state index contributed by atoms with van der Waals surface area (Å²) in [5.74, 6) is -2.10. The van der Waals surface area contributed by atoms with Gasteiger partial charge in [0, 0.05) is 18.7 Å². The van der Waals surface area contributed by atoms with Crippen LogP contribution < -0.4 is 10.6 Å². The van der Waals surface area contributed by atoms with Crippen LogP contribution in [0.3, 0.4) is 0 Å². The van der Waals surface area contributed by atoms with Gasteiger partial charge in [0.2, 0.25) is 5.91 Å². The minimum Gasteiger partial charge on any atom is -0.324 e. The predicted molar refractivity (Wildman–Crippen MR) is 103 cm³/mol. The topological polar surface area (TPSA) is 76.0 Å².